The van der Waals surface area contributed by atoms with Crippen LogP contribution in [0.25, 0.3) is 0 Å². The number of aromatic nitrogens is 1. The van der Waals surface area contributed by atoms with Crippen LogP contribution in [0.5, 0.6) is 0 Å². The number of hydrogen-bond acceptors (Lipinski definition) is 2. The van der Waals surface area contributed by atoms with Crippen LogP contribution in [0.3, 0.4) is 0 Å². The van der Waals surface area contributed by atoms with Gasteiger partial charge in [-0.25, -0.2) is 0 Å². The molecule has 1 aliphatic rings. The lowest BCUT2D eigenvalue weighted by atomic mass is 9.89. The van der Waals surface area contributed by atoms with Crippen molar-refractivity contribution >= 4 is 0 Å². The van der Waals surface area contributed by atoms with E-state index >= 15 is 0 Å². The summed E-state index contributed by atoms with van der Waals surface area (Å²) in [5, 5.41) is 4.23. The summed E-state index contributed by atoms with van der Waals surface area (Å²) in [6, 6.07) is 0. The van der Waals surface area contributed by atoms with Crippen molar-refractivity contribution in [3.8, 4) is 0 Å². The second-order valence-electron chi connectivity index (χ2n) is 5.16. The largest absolute Gasteiger partial charge is 0.361 e. The molecule has 0 radical (unpaired) electrons. The minimum absolute atomic E-state index is 0.495. The summed E-state index contributed by atoms with van der Waals surface area (Å²) in [6.45, 7) is 10.7. The predicted molar refractivity (Wildman–Crippen MR) is 72.4 cm³/mol. The molecule has 0 aromatic carbocycles. The molecule has 1 atom stereocenters. The van der Waals surface area contributed by atoms with E-state index < -0.39 is 0 Å². The molecule has 1 aromatic rings. The van der Waals surface area contributed by atoms with Crippen LogP contribution in [0.4, 0.5) is 0 Å². The Morgan fingerprint density at radius 3 is 2.53 bits per heavy atom. The van der Waals surface area contributed by atoms with Crippen LogP contribution in [0.1, 0.15) is 76.8 Å². The third-order valence-electron chi connectivity index (χ3n) is 3.43. The second kappa shape index (κ2) is 6.83. The molecule has 0 aliphatic heterocycles. The van der Waals surface area contributed by atoms with Gasteiger partial charge in [-0.2, -0.15) is 0 Å². The molecule has 0 spiro atoms. The molecule has 17 heavy (non-hydrogen) atoms. The van der Waals surface area contributed by atoms with Crippen LogP contribution in [-0.2, 0) is 12.8 Å². The molecule has 1 aromatic heterocycles. The average molecular weight is 237 g/mol. The summed E-state index contributed by atoms with van der Waals surface area (Å²) in [6.07, 6.45) is 6.13. The average Bonchev–Trinajstić information content (AvgIpc) is 2.69. The lowest BCUT2D eigenvalue weighted by Gasteiger charge is -2.14. The third kappa shape index (κ3) is 3.58. The fourth-order valence-corrected chi connectivity index (χ4v) is 2.42. The monoisotopic (exact) mass is 237 g/mol. The second-order valence-corrected chi connectivity index (χ2v) is 5.16. The molecule has 1 aliphatic carbocycles. The van der Waals surface area contributed by atoms with E-state index in [1.807, 2.05) is 13.8 Å². The van der Waals surface area contributed by atoms with Crippen molar-refractivity contribution in [1.29, 1.82) is 0 Å². The minimum Gasteiger partial charge on any atom is -0.361 e. The Labute approximate surface area is 106 Å². The number of aryl methyl sites for hydroxylation is 1. The Balaban J connectivity index is 0.000000686. The molecule has 1 unspecified atom stereocenters. The summed E-state index contributed by atoms with van der Waals surface area (Å²) in [5.74, 6) is 2.49. The molecule has 2 heteroatoms. The molecular weight excluding hydrogens is 210 g/mol. The SMILES string of the molecule is CC.CC1CCCc2c(C(C)C)noc2CC1. The van der Waals surface area contributed by atoms with Gasteiger partial charge in [-0.15, -0.1) is 0 Å². The number of hydrogen-bond donors (Lipinski definition) is 0. The summed E-state index contributed by atoms with van der Waals surface area (Å²) in [7, 11) is 0. The first-order chi connectivity index (χ1) is 8.18. The van der Waals surface area contributed by atoms with Crippen LogP contribution in [0.15, 0.2) is 4.52 Å². The minimum atomic E-state index is 0.495. The van der Waals surface area contributed by atoms with Crippen LogP contribution >= 0.6 is 0 Å². The molecule has 2 nitrogen and oxygen atoms in total. The first-order valence-corrected chi connectivity index (χ1v) is 7.15. The highest BCUT2D eigenvalue weighted by molar-refractivity contribution is 5.26. The highest BCUT2D eigenvalue weighted by Gasteiger charge is 2.20. The maximum Gasteiger partial charge on any atom is 0.140 e. The fraction of sp³-hybridized carbons (Fsp3) is 0.800. The van der Waals surface area contributed by atoms with E-state index in [0.717, 1.165) is 24.5 Å². The van der Waals surface area contributed by atoms with Crippen molar-refractivity contribution in [2.24, 2.45) is 5.92 Å². The van der Waals surface area contributed by atoms with E-state index in [9.17, 15) is 0 Å². The Morgan fingerprint density at radius 2 is 1.88 bits per heavy atom. The van der Waals surface area contributed by atoms with Crippen molar-refractivity contribution in [3.63, 3.8) is 0 Å². The summed E-state index contributed by atoms with van der Waals surface area (Å²) in [5.41, 5.74) is 2.61. The lowest BCUT2D eigenvalue weighted by Crippen LogP contribution is -2.05. The molecule has 98 valence electrons. The van der Waals surface area contributed by atoms with Crippen LogP contribution < -0.4 is 0 Å². The van der Waals surface area contributed by atoms with Gasteiger partial charge in [-0.05, 0) is 31.1 Å². The van der Waals surface area contributed by atoms with Crippen LogP contribution in [0, 0.1) is 5.92 Å². The van der Waals surface area contributed by atoms with E-state index in [2.05, 4.69) is 25.9 Å². The molecule has 0 amide bonds. The van der Waals surface area contributed by atoms with Gasteiger partial charge in [-0.3, -0.25) is 0 Å². The molecule has 0 fully saturated rings. The van der Waals surface area contributed by atoms with E-state index in [-0.39, 0.29) is 0 Å². The zero-order valence-corrected chi connectivity index (χ0v) is 12.0. The summed E-state index contributed by atoms with van der Waals surface area (Å²) < 4.78 is 5.48. The highest BCUT2D eigenvalue weighted by Crippen LogP contribution is 2.28. The standard InChI is InChI=1S/C13H21NO.C2H6/c1-9(2)13-11-6-4-5-10(3)7-8-12(11)15-14-13;1-2/h9-10H,4-8H2,1-3H3;1-2H3. The van der Waals surface area contributed by atoms with Crippen molar-refractivity contribution < 1.29 is 4.52 Å². The normalized spacial score (nSPS) is 20.0. The van der Waals surface area contributed by atoms with Crippen LogP contribution in [-0.4, -0.2) is 5.16 Å². The number of nitrogens with zero attached hydrogens (tertiary/aromatic N) is 1. The summed E-state index contributed by atoms with van der Waals surface area (Å²) >= 11 is 0. The third-order valence-corrected chi connectivity index (χ3v) is 3.43. The van der Waals surface area contributed by atoms with E-state index in [4.69, 9.17) is 4.52 Å². The topological polar surface area (TPSA) is 26.0 Å². The Kier molecular flexibility index (Phi) is 5.73. The zero-order valence-electron chi connectivity index (χ0n) is 12.0. The Bertz CT molecular complexity index is 328. The first kappa shape index (κ1) is 14.3. The van der Waals surface area contributed by atoms with Gasteiger partial charge in [0.05, 0.1) is 5.69 Å². The molecule has 0 N–H and O–H groups in total. The van der Waals surface area contributed by atoms with Crippen molar-refractivity contribution in [2.75, 3.05) is 0 Å². The van der Waals surface area contributed by atoms with Gasteiger partial charge in [0.1, 0.15) is 5.76 Å². The van der Waals surface area contributed by atoms with E-state index in [1.54, 1.807) is 0 Å². The highest BCUT2D eigenvalue weighted by atomic mass is 16.5. The fourth-order valence-electron chi connectivity index (χ4n) is 2.42. The Hall–Kier alpha value is -0.790. The smallest absolute Gasteiger partial charge is 0.140 e. The maximum absolute atomic E-state index is 5.48. The molecular formula is C15H27NO. The molecule has 2 rings (SSSR count). The predicted octanol–water partition coefficient (Wildman–Crippen LogP) is 4.73. The van der Waals surface area contributed by atoms with Crippen molar-refractivity contribution in [2.45, 2.75) is 72.6 Å². The van der Waals surface area contributed by atoms with Crippen molar-refractivity contribution in [1.82, 2.24) is 5.16 Å². The molecule has 1 heterocycles. The van der Waals surface area contributed by atoms with Gasteiger partial charge in [0.25, 0.3) is 0 Å². The van der Waals surface area contributed by atoms with E-state index in [1.165, 1.54) is 30.5 Å². The lowest BCUT2D eigenvalue weighted by molar-refractivity contribution is 0.353. The van der Waals surface area contributed by atoms with Gasteiger partial charge in [-0.1, -0.05) is 46.2 Å². The molecule has 0 saturated heterocycles. The van der Waals surface area contributed by atoms with Crippen molar-refractivity contribution in [3.05, 3.63) is 17.0 Å². The van der Waals surface area contributed by atoms with E-state index in [0.29, 0.717) is 5.92 Å². The maximum atomic E-state index is 5.48. The Morgan fingerprint density at radius 1 is 1.18 bits per heavy atom. The molecule has 0 saturated carbocycles. The van der Waals surface area contributed by atoms with Gasteiger partial charge < -0.3 is 4.52 Å². The first-order valence-electron chi connectivity index (χ1n) is 7.15. The zero-order chi connectivity index (χ0) is 12.8. The summed E-state index contributed by atoms with van der Waals surface area (Å²) in [4.78, 5) is 0. The van der Waals surface area contributed by atoms with Gasteiger partial charge in [0, 0.05) is 12.0 Å². The number of rotatable bonds is 1. The quantitative estimate of drug-likeness (QED) is 0.705. The molecule has 0 bridgehead atoms. The number of fused-ring (bicyclic) bond motifs is 1. The van der Waals surface area contributed by atoms with Gasteiger partial charge in [0.2, 0.25) is 0 Å². The van der Waals surface area contributed by atoms with Crippen LogP contribution in [0.2, 0.25) is 0 Å². The van der Waals surface area contributed by atoms with Gasteiger partial charge in [0.15, 0.2) is 0 Å². The van der Waals surface area contributed by atoms with Gasteiger partial charge >= 0.3 is 0 Å².